The van der Waals surface area contributed by atoms with Crippen molar-refractivity contribution < 1.29 is 14.7 Å². The van der Waals surface area contributed by atoms with Crippen LogP contribution in [0.25, 0.3) is 0 Å². The molecule has 0 aromatic carbocycles. The molecule has 1 rings (SSSR count). The highest BCUT2D eigenvalue weighted by Gasteiger charge is 2.18. The fourth-order valence-corrected chi connectivity index (χ4v) is 1.19. The van der Waals surface area contributed by atoms with Crippen molar-refractivity contribution in [1.29, 1.82) is 0 Å². The molecule has 0 aliphatic heterocycles. The van der Waals surface area contributed by atoms with E-state index in [1.54, 1.807) is 6.08 Å². The van der Waals surface area contributed by atoms with Gasteiger partial charge in [-0.25, -0.2) is 0 Å². The van der Waals surface area contributed by atoms with Gasteiger partial charge in [-0.2, -0.15) is 0 Å². The second-order valence-corrected chi connectivity index (χ2v) is 3.18. The van der Waals surface area contributed by atoms with Gasteiger partial charge in [0, 0.05) is 5.92 Å². The average Bonchev–Trinajstić information content (AvgIpc) is 2.11. The second kappa shape index (κ2) is 4.06. The Morgan fingerprint density at radius 1 is 1.64 bits per heavy atom. The largest absolute Gasteiger partial charge is 0.504 e. The van der Waals surface area contributed by atoms with Crippen molar-refractivity contribution in [3.63, 3.8) is 0 Å². The smallest absolute Gasteiger partial charge is 0.234 e. The summed E-state index contributed by atoms with van der Waals surface area (Å²) in [5.74, 6) is -1.55. The van der Waals surface area contributed by atoms with Crippen molar-refractivity contribution >= 4 is 11.7 Å². The summed E-state index contributed by atoms with van der Waals surface area (Å²) in [6.07, 6.45) is 4.51. The number of rotatable bonds is 3. The van der Waals surface area contributed by atoms with E-state index in [2.05, 4.69) is 0 Å². The van der Waals surface area contributed by atoms with E-state index in [1.165, 1.54) is 12.2 Å². The number of aliphatic hydroxyl groups excluding tert-OH is 1. The monoisotopic (exact) mass is 196 g/mol. The van der Waals surface area contributed by atoms with Crippen molar-refractivity contribution in [3.05, 3.63) is 24.0 Å². The first-order chi connectivity index (χ1) is 6.50. The Bertz CT molecular complexity index is 320. The average molecular weight is 196 g/mol. The molecule has 0 radical (unpaired) electrons. The van der Waals surface area contributed by atoms with Gasteiger partial charge in [0.2, 0.25) is 11.7 Å². The summed E-state index contributed by atoms with van der Waals surface area (Å²) in [5, 5.41) is 9.10. The normalized spacial score (nSPS) is 23.1. The van der Waals surface area contributed by atoms with E-state index in [-0.39, 0.29) is 11.7 Å². The lowest BCUT2D eigenvalue weighted by Crippen LogP contribution is -2.37. The molecule has 0 aromatic heterocycles. The number of allylic oxidation sites excluding steroid dienone is 3. The van der Waals surface area contributed by atoms with E-state index in [4.69, 9.17) is 16.6 Å². The maximum atomic E-state index is 10.8. The minimum atomic E-state index is -0.762. The molecule has 0 aromatic rings. The first kappa shape index (κ1) is 10.5. The highest BCUT2D eigenvalue weighted by atomic mass is 16.3. The maximum Gasteiger partial charge on any atom is 0.234 e. The van der Waals surface area contributed by atoms with Crippen LogP contribution in [0, 0.1) is 5.92 Å². The van der Waals surface area contributed by atoms with Crippen LogP contribution in [0.3, 0.4) is 0 Å². The molecule has 1 aliphatic rings. The first-order valence-electron chi connectivity index (χ1n) is 4.19. The third-order valence-electron chi connectivity index (χ3n) is 2.01. The SMILES string of the molecule is NC(=O)C(N)CC1C=CC(=O)C(O)=C1. The number of aliphatic hydroxyl groups is 1. The maximum absolute atomic E-state index is 10.8. The number of carbonyl (C=O) groups is 2. The van der Waals surface area contributed by atoms with E-state index in [0.29, 0.717) is 6.42 Å². The molecule has 0 bridgehead atoms. The predicted octanol–water partition coefficient (Wildman–Crippen LogP) is -0.614. The van der Waals surface area contributed by atoms with Crippen LogP contribution in [0.15, 0.2) is 24.0 Å². The molecule has 2 unspecified atom stereocenters. The lowest BCUT2D eigenvalue weighted by molar-refractivity contribution is -0.119. The minimum Gasteiger partial charge on any atom is -0.504 e. The Morgan fingerprint density at radius 2 is 2.29 bits per heavy atom. The summed E-state index contributed by atoms with van der Waals surface area (Å²) < 4.78 is 0. The standard InChI is InChI=1S/C9H12N2O3/c10-6(9(11)14)3-5-1-2-7(12)8(13)4-5/h1-2,4-6,13H,3,10H2,(H2,11,14). The molecule has 5 heteroatoms. The zero-order chi connectivity index (χ0) is 10.7. The molecule has 76 valence electrons. The molecule has 5 nitrogen and oxygen atoms in total. The van der Waals surface area contributed by atoms with E-state index in [9.17, 15) is 9.59 Å². The lowest BCUT2D eigenvalue weighted by atomic mass is 9.94. The van der Waals surface area contributed by atoms with Gasteiger partial charge in [0.1, 0.15) is 0 Å². The summed E-state index contributed by atoms with van der Waals surface area (Å²) in [7, 11) is 0. The zero-order valence-corrected chi connectivity index (χ0v) is 7.51. The van der Waals surface area contributed by atoms with E-state index >= 15 is 0 Å². The highest BCUT2D eigenvalue weighted by Crippen LogP contribution is 2.16. The highest BCUT2D eigenvalue weighted by molar-refractivity contribution is 6.02. The summed E-state index contributed by atoms with van der Waals surface area (Å²) in [4.78, 5) is 21.5. The number of carbonyl (C=O) groups excluding carboxylic acids is 2. The van der Waals surface area contributed by atoms with Gasteiger partial charge in [-0.05, 0) is 18.6 Å². The van der Waals surface area contributed by atoms with Crippen molar-refractivity contribution in [2.75, 3.05) is 0 Å². The topological polar surface area (TPSA) is 106 Å². The number of amides is 1. The van der Waals surface area contributed by atoms with Crippen LogP contribution in [0.2, 0.25) is 0 Å². The Labute approximate surface area is 81.1 Å². The van der Waals surface area contributed by atoms with Gasteiger partial charge >= 0.3 is 0 Å². The Kier molecular flexibility index (Phi) is 3.03. The number of hydrogen-bond donors (Lipinski definition) is 3. The van der Waals surface area contributed by atoms with Gasteiger partial charge < -0.3 is 16.6 Å². The van der Waals surface area contributed by atoms with Gasteiger partial charge in [-0.1, -0.05) is 6.08 Å². The van der Waals surface area contributed by atoms with Crippen LogP contribution in [-0.2, 0) is 9.59 Å². The van der Waals surface area contributed by atoms with E-state index in [1.807, 2.05) is 0 Å². The fraction of sp³-hybridized carbons (Fsp3) is 0.333. The van der Waals surface area contributed by atoms with Crippen LogP contribution < -0.4 is 11.5 Å². The van der Waals surface area contributed by atoms with E-state index < -0.39 is 17.7 Å². The Hall–Kier alpha value is -1.62. The molecule has 0 fully saturated rings. The van der Waals surface area contributed by atoms with Crippen LogP contribution >= 0.6 is 0 Å². The Morgan fingerprint density at radius 3 is 2.79 bits per heavy atom. The van der Waals surface area contributed by atoms with Crippen molar-refractivity contribution in [2.45, 2.75) is 12.5 Å². The second-order valence-electron chi connectivity index (χ2n) is 3.18. The fourth-order valence-electron chi connectivity index (χ4n) is 1.19. The number of hydrogen-bond acceptors (Lipinski definition) is 4. The van der Waals surface area contributed by atoms with Crippen molar-refractivity contribution in [3.8, 4) is 0 Å². The molecule has 1 aliphatic carbocycles. The number of primary amides is 1. The summed E-state index contributed by atoms with van der Waals surface area (Å²) >= 11 is 0. The summed E-state index contributed by atoms with van der Waals surface area (Å²) in [5.41, 5.74) is 10.4. The molecular formula is C9H12N2O3. The number of ketones is 1. The molecular weight excluding hydrogens is 184 g/mol. The molecule has 0 saturated carbocycles. The lowest BCUT2D eigenvalue weighted by Gasteiger charge is -2.14. The van der Waals surface area contributed by atoms with Crippen molar-refractivity contribution in [1.82, 2.24) is 0 Å². The predicted molar refractivity (Wildman–Crippen MR) is 50.1 cm³/mol. The molecule has 5 N–H and O–H groups in total. The Balaban J connectivity index is 2.60. The summed E-state index contributed by atoms with van der Waals surface area (Å²) in [6.45, 7) is 0. The van der Waals surface area contributed by atoms with Crippen LogP contribution in [0.5, 0.6) is 0 Å². The van der Waals surface area contributed by atoms with E-state index in [0.717, 1.165) is 0 Å². The van der Waals surface area contributed by atoms with Gasteiger partial charge in [-0.15, -0.1) is 0 Å². The first-order valence-corrected chi connectivity index (χ1v) is 4.19. The van der Waals surface area contributed by atoms with Crippen LogP contribution in [0.4, 0.5) is 0 Å². The van der Waals surface area contributed by atoms with Gasteiger partial charge in [-0.3, -0.25) is 9.59 Å². The molecule has 0 saturated heterocycles. The van der Waals surface area contributed by atoms with Crippen molar-refractivity contribution in [2.24, 2.45) is 17.4 Å². The summed E-state index contributed by atoms with van der Waals surface area (Å²) in [6, 6.07) is -0.762. The molecule has 0 heterocycles. The zero-order valence-electron chi connectivity index (χ0n) is 7.51. The third kappa shape index (κ3) is 2.43. The number of nitrogens with two attached hydrogens (primary N) is 2. The third-order valence-corrected chi connectivity index (χ3v) is 2.01. The van der Waals surface area contributed by atoms with Gasteiger partial charge in [0.15, 0.2) is 5.76 Å². The molecule has 2 atom stereocenters. The quantitative estimate of drug-likeness (QED) is 0.559. The molecule has 0 spiro atoms. The molecule has 14 heavy (non-hydrogen) atoms. The van der Waals surface area contributed by atoms with Crippen LogP contribution in [0.1, 0.15) is 6.42 Å². The van der Waals surface area contributed by atoms with Gasteiger partial charge in [0.05, 0.1) is 6.04 Å². The van der Waals surface area contributed by atoms with Crippen LogP contribution in [-0.4, -0.2) is 22.8 Å². The van der Waals surface area contributed by atoms with Gasteiger partial charge in [0.25, 0.3) is 0 Å². The molecule has 1 amide bonds. The minimum absolute atomic E-state index is 0.213.